The molecule has 3 rings (SSSR count). The molecule has 3 aromatic rings. The quantitative estimate of drug-likeness (QED) is 0.711. The molecule has 0 radical (unpaired) electrons. The minimum atomic E-state index is -4.02. The van der Waals surface area contributed by atoms with Crippen molar-refractivity contribution in [1.29, 1.82) is 0 Å². The zero-order valence-corrected chi connectivity index (χ0v) is 13.3. The lowest BCUT2D eigenvalue weighted by Crippen LogP contribution is -2.08. The summed E-state index contributed by atoms with van der Waals surface area (Å²) < 4.78 is 34.7. The topological polar surface area (TPSA) is 89.8 Å². The third-order valence-electron chi connectivity index (χ3n) is 2.88. The second-order valence-corrected chi connectivity index (χ2v) is 6.60. The Bertz CT molecular complexity index is 1040. The van der Waals surface area contributed by atoms with Crippen molar-refractivity contribution in [3.05, 3.63) is 52.4 Å². The molecule has 0 spiro atoms. The van der Waals surface area contributed by atoms with Gasteiger partial charge in [-0.2, -0.15) is 13.4 Å². The molecule has 0 saturated heterocycles. The molecule has 0 amide bonds. The Morgan fingerprint density at radius 1 is 1.23 bits per heavy atom. The van der Waals surface area contributed by atoms with Crippen molar-refractivity contribution in [3.63, 3.8) is 0 Å². The highest BCUT2D eigenvalue weighted by Crippen LogP contribution is 2.21. The Kier molecular flexibility index (Phi) is 3.50. The van der Waals surface area contributed by atoms with Gasteiger partial charge in [0, 0.05) is 5.69 Å². The number of aromatic nitrogens is 3. The molecule has 0 atom stereocenters. The van der Waals surface area contributed by atoms with Gasteiger partial charge in [0.15, 0.2) is 0 Å². The molecule has 0 saturated carbocycles. The zero-order chi connectivity index (χ0) is 15.9. The van der Waals surface area contributed by atoms with Crippen molar-refractivity contribution in [2.45, 2.75) is 18.7 Å². The molecule has 0 aliphatic heterocycles. The van der Waals surface area contributed by atoms with Crippen molar-refractivity contribution in [1.82, 2.24) is 14.5 Å². The molecule has 0 aliphatic carbocycles. The predicted molar refractivity (Wildman–Crippen MR) is 78.9 cm³/mol. The van der Waals surface area contributed by atoms with Crippen molar-refractivity contribution >= 4 is 27.4 Å². The Hall–Kier alpha value is -2.19. The number of halogens is 1. The lowest BCUT2D eigenvalue weighted by Gasteiger charge is -1.98. The highest BCUT2D eigenvalue weighted by molar-refractivity contribution is 7.90. The van der Waals surface area contributed by atoms with Crippen LogP contribution in [0.1, 0.15) is 11.4 Å². The number of hydrogen-bond acceptors (Lipinski definition) is 5. The van der Waals surface area contributed by atoms with Gasteiger partial charge in [-0.3, -0.25) is 0 Å². The van der Waals surface area contributed by atoms with Crippen LogP contribution < -0.4 is 5.68 Å². The van der Waals surface area contributed by atoms with Crippen molar-refractivity contribution in [2.24, 2.45) is 4.40 Å². The van der Waals surface area contributed by atoms with Gasteiger partial charge < -0.3 is 4.52 Å². The highest BCUT2D eigenvalue weighted by Gasteiger charge is 2.17. The van der Waals surface area contributed by atoms with E-state index in [9.17, 15) is 8.42 Å². The van der Waals surface area contributed by atoms with E-state index in [1.54, 1.807) is 32.0 Å². The Balaban J connectivity index is 2.20. The zero-order valence-electron chi connectivity index (χ0n) is 11.7. The summed E-state index contributed by atoms with van der Waals surface area (Å²) in [5.41, 5.74) is 1.17. The third kappa shape index (κ3) is 2.62. The van der Waals surface area contributed by atoms with Crippen LogP contribution in [-0.4, -0.2) is 23.0 Å². The number of hydrogen-bond donors (Lipinski definition) is 0. The third-order valence-corrected chi connectivity index (χ3v) is 4.63. The Morgan fingerprint density at radius 3 is 2.68 bits per heavy atom. The summed E-state index contributed by atoms with van der Waals surface area (Å²) in [5, 5.41) is 0.0835. The maximum atomic E-state index is 12.3. The molecule has 9 heteroatoms. The summed E-state index contributed by atoms with van der Waals surface area (Å²) in [4.78, 5) is 8.02. The van der Waals surface area contributed by atoms with Crippen LogP contribution in [0.3, 0.4) is 0 Å². The lowest BCUT2D eigenvalue weighted by atomic mass is 10.4. The van der Waals surface area contributed by atoms with E-state index in [-0.39, 0.29) is 21.4 Å². The van der Waals surface area contributed by atoms with Gasteiger partial charge in [-0.15, -0.1) is 8.97 Å². The Labute approximate surface area is 130 Å². The van der Waals surface area contributed by atoms with E-state index in [2.05, 4.69) is 14.4 Å². The largest absolute Gasteiger partial charge is 0.358 e. The van der Waals surface area contributed by atoms with E-state index in [1.807, 2.05) is 0 Å². The first-order valence-electron chi connectivity index (χ1n) is 6.27. The van der Waals surface area contributed by atoms with Gasteiger partial charge in [0.1, 0.15) is 4.90 Å². The molecule has 0 unspecified atom stereocenters. The van der Waals surface area contributed by atoms with Gasteiger partial charge in [0.2, 0.25) is 0 Å². The fourth-order valence-electron chi connectivity index (χ4n) is 1.97. The normalized spacial score (nSPS) is 13.0. The fraction of sp³-hybridized carbons (Fsp3) is 0.154. The maximum Gasteiger partial charge on any atom is 0.358 e. The first-order chi connectivity index (χ1) is 10.4. The highest BCUT2D eigenvalue weighted by atomic mass is 35.5. The molecule has 22 heavy (non-hydrogen) atoms. The second-order valence-electron chi connectivity index (χ2n) is 4.62. The van der Waals surface area contributed by atoms with Gasteiger partial charge in [0.05, 0.1) is 10.7 Å². The SMILES string of the molecule is Cc1cc(C)n2o/c(=N/S(=O)(=O)c3ccccc3Cl)nc2n1. The summed E-state index contributed by atoms with van der Waals surface area (Å²) >= 11 is 5.89. The number of fused-ring (bicyclic) bond motifs is 1. The van der Waals surface area contributed by atoms with E-state index in [1.165, 1.54) is 16.7 Å². The molecule has 0 bridgehead atoms. The van der Waals surface area contributed by atoms with E-state index in [0.717, 1.165) is 11.4 Å². The molecule has 2 aromatic heterocycles. The summed E-state index contributed by atoms with van der Waals surface area (Å²) in [6, 6.07) is 7.81. The van der Waals surface area contributed by atoms with Crippen LogP contribution in [0.4, 0.5) is 0 Å². The van der Waals surface area contributed by atoms with E-state index in [0.29, 0.717) is 0 Å². The number of benzene rings is 1. The summed E-state index contributed by atoms with van der Waals surface area (Å²) in [6.45, 7) is 3.60. The molecular weight excluding hydrogens is 328 g/mol. The van der Waals surface area contributed by atoms with Gasteiger partial charge >= 0.3 is 5.68 Å². The first-order valence-corrected chi connectivity index (χ1v) is 8.08. The molecule has 1 aromatic carbocycles. The van der Waals surface area contributed by atoms with Crippen LogP contribution in [0.5, 0.6) is 0 Å². The number of aryl methyl sites for hydroxylation is 2. The number of nitrogens with zero attached hydrogens (tertiary/aromatic N) is 4. The standard InChI is InChI=1S/C13H11ClN4O3S/c1-8-7-9(2)18-12(15-8)16-13(21-18)17-22(19,20)11-6-4-3-5-10(11)14/h3-7H,1-2H3/b17-13+. The lowest BCUT2D eigenvalue weighted by molar-refractivity contribution is 0.329. The van der Waals surface area contributed by atoms with Gasteiger partial charge in [0.25, 0.3) is 15.8 Å². The molecule has 114 valence electrons. The van der Waals surface area contributed by atoms with Crippen LogP contribution >= 0.6 is 11.6 Å². The van der Waals surface area contributed by atoms with Crippen LogP contribution in [0.2, 0.25) is 5.02 Å². The second kappa shape index (κ2) is 5.22. The maximum absolute atomic E-state index is 12.3. The minimum Gasteiger partial charge on any atom is -0.329 e. The van der Waals surface area contributed by atoms with Crippen molar-refractivity contribution in [2.75, 3.05) is 0 Å². The van der Waals surface area contributed by atoms with Gasteiger partial charge in [-0.25, -0.2) is 4.98 Å². The first kappa shape index (κ1) is 14.7. The fourth-order valence-corrected chi connectivity index (χ4v) is 3.34. The monoisotopic (exact) mass is 338 g/mol. The van der Waals surface area contributed by atoms with Crippen LogP contribution in [0.15, 0.2) is 44.1 Å². The van der Waals surface area contributed by atoms with E-state index in [4.69, 9.17) is 16.1 Å². The van der Waals surface area contributed by atoms with E-state index < -0.39 is 10.0 Å². The van der Waals surface area contributed by atoms with Gasteiger partial charge in [-0.1, -0.05) is 23.7 Å². The molecule has 2 heterocycles. The van der Waals surface area contributed by atoms with Crippen molar-refractivity contribution in [3.8, 4) is 0 Å². The van der Waals surface area contributed by atoms with Crippen LogP contribution in [-0.2, 0) is 10.0 Å². The molecule has 0 aliphatic rings. The number of rotatable bonds is 2. The van der Waals surface area contributed by atoms with Crippen LogP contribution in [0, 0.1) is 13.8 Å². The summed E-state index contributed by atoms with van der Waals surface area (Å²) in [6.07, 6.45) is 0. The average molecular weight is 339 g/mol. The molecule has 0 fully saturated rings. The minimum absolute atomic E-state index is 0.0835. The predicted octanol–water partition coefficient (Wildman–Crippen LogP) is 1.88. The average Bonchev–Trinajstić information content (AvgIpc) is 2.80. The summed E-state index contributed by atoms with van der Waals surface area (Å²) in [7, 11) is -4.02. The Morgan fingerprint density at radius 2 is 1.95 bits per heavy atom. The molecule has 7 nitrogen and oxygen atoms in total. The summed E-state index contributed by atoms with van der Waals surface area (Å²) in [5.74, 6) is 0.241. The smallest absolute Gasteiger partial charge is 0.329 e. The van der Waals surface area contributed by atoms with Gasteiger partial charge in [-0.05, 0) is 32.0 Å². The van der Waals surface area contributed by atoms with Crippen molar-refractivity contribution < 1.29 is 12.9 Å². The molecular formula is C13H11ClN4O3S. The number of sulfonamides is 1. The molecule has 0 N–H and O–H groups in total. The van der Waals surface area contributed by atoms with E-state index >= 15 is 0 Å². The van der Waals surface area contributed by atoms with Crippen LogP contribution in [0.25, 0.3) is 5.78 Å².